The van der Waals surface area contributed by atoms with Gasteiger partial charge in [-0.2, -0.15) is 0 Å². The molecule has 0 aliphatic carbocycles. The minimum absolute atomic E-state index is 0.123. The van der Waals surface area contributed by atoms with Crippen molar-refractivity contribution in [3.8, 4) is 0 Å². The lowest BCUT2D eigenvalue weighted by molar-refractivity contribution is -0.135. The van der Waals surface area contributed by atoms with Gasteiger partial charge in [-0.3, -0.25) is 9.69 Å². The zero-order valence-electron chi connectivity index (χ0n) is 12.3. The Morgan fingerprint density at radius 2 is 2.10 bits per heavy atom. The van der Waals surface area contributed by atoms with Gasteiger partial charge in [-0.15, -0.1) is 0 Å². The average molecular weight is 276 g/mol. The van der Waals surface area contributed by atoms with Gasteiger partial charge >= 0.3 is 0 Å². The zero-order valence-corrected chi connectivity index (χ0v) is 12.3. The van der Waals surface area contributed by atoms with E-state index in [1.54, 1.807) is 0 Å². The molecule has 1 aromatic carbocycles. The van der Waals surface area contributed by atoms with Crippen LogP contribution in [0.4, 0.5) is 0 Å². The van der Waals surface area contributed by atoms with Crippen LogP contribution in [0.15, 0.2) is 24.3 Å². The second-order valence-electron chi connectivity index (χ2n) is 5.33. The molecule has 2 atom stereocenters. The Morgan fingerprint density at radius 3 is 2.75 bits per heavy atom. The summed E-state index contributed by atoms with van der Waals surface area (Å²) in [5.41, 5.74) is 8.25. The first-order valence-electron chi connectivity index (χ1n) is 7.35. The number of hydrogen-bond acceptors (Lipinski definition) is 3. The number of benzene rings is 1. The summed E-state index contributed by atoms with van der Waals surface area (Å²) in [7, 11) is 0. The van der Waals surface area contributed by atoms with Crippen molar-refractivity contribution in [1.82, 2.24) is 4.90 Å². The van der Waals surface area contributed by atoms with Gasteiger partial charge in [0.15, 0.2) is 0 Å². The van der Waals surface area contributed by atoms with Gasteiger partial charge in [-0.05, 0) is 30.9 Å². The van der Waals surface area contributed by atoms with E-state index >= 15 is 0 Å². The van der Waals surface area contributed by atoms with Gasteiger partial charge in [0.25, 0.3) is 0 Å². The Hall–Kier alpha value is -1.39. The Kier molecular flexibility index (Phi) is 5.15. The molecule has 20 heavy (non-hydrogen) atoms. The largest absolute Gasteiger partial charge is 0.375 e. The normalized spacial score (nSPS) is 23.7. The summed E-state index contributed by atoms with van der Waals surface area (Å²) in [6, 6.07) is 8.18. The van der Waals surface area contributed by atoms with Crippen molar-refractivity contribution < 1.29 is 9.53 Å². The molecular formula is C16H24N2O2. The van der Waals surface area contributed by atoms with Gasteiger partial charge in [-0.1, -0.05) is 31.2 Å². The van der Waals surface area contributed by atoms with Crippen LogP contribution in [0.2, 0.25) is 0 Å². The Balaban J connectivity index is 2.03. The van der Waals surface area contributed by atoms with E-state index in [1.165, 1.54) is 11.1 Å². The molecule has 0 aromatic heterocycles. The van der Waals surface area contributed by atoms with Crippen LogP contribution in [-0.2, 0) is 22.4 Å². The number of hydrogen-bond donors (Lipinski definition) is 1. The molecule has 0 bridgehead atoms. The van der Waals surface area contributed by atoms with E-state index in [9.17, 15) is 4.79 Å². The number of morpholine rings is 1. The monoisotopic (exact) mass is 276 g/mol. The third-order valence-corrected chi connectivity index (χ3v) is 4.06. The molecule has 1 aliphatic heterocycles. The summed E-state index contributed by atoms with van der Waals surface area (Å²) < 4.78 is 5.54. The van der Waals surface area contributed by atoms with Gasteiger partial charge in [0.05, 0.1) is 12.7 Å². The summed E-state index contributed by atoms with van der Waals surface area (Å²) in [5, 5.41) is 0. The minimum atomic E-state index is -0.308. The molecule has 1 amide bonds. The highest BCUT2D eigenvalue weighted by atomic mass is 16.5. The molecule has 1 heterocycles. The lowest BCUT2D eigenvalue weighted by Crippen LogP contribution is -2.56. The van der Waals surface area contributed by atoms with Crippen molar-refractivity contribution in [2.24, 2.45) is 5.73 Å². The van der Waals surface area contributed by atoms with Crippen molar-refractivity contribution in [3.63, 3.8) is 0 Å². The number of carbonyl (C=O) groups excluding carboxylic acids is 1. The SMILES string of the molecule is CCc1ccccc1CCN1CCO[C@H](C)[C@H]1C(N)=O. The zero-order chi connectivity index (χ0) is 14.5. The van der Waals surface area contributed by atoms with Crippen molar-refractivity contribution in [2.75, 3.05) is 19.7 Å². The second-order valence-corrected chi connectivity index (χ2v) is 5.33. The fourth-order valence-corrected chi connectivity index (χ4v) is 2.96. The number of carbonyl (C=O) groups is 1. The molecule has 110 valence electrons. The fourth-order valence-electron chi connectivity index (χ4n) is 2.96. The summed E-state index contributed by atoms with van der Waals surface area (Å²) >= 11 is 0. The van der Waals surface area contributed by atoms with Crippen molar-refractivity contribution in [2.45, 2.75) is 38.8 Å². The molecule has 0 saturated carbocycles. The maximum absolute atomic E-state index is 11.6. The number of primary amides is 1. The van der Waals surface area contributed by atoms with Crippen LogP contribution in [0, 0.1) is 0 Å². The Labute approximate surface area is 120 Å². The highest BCUT2D eigenvalue weighted by Crippen LogP contribution is 2.16. The predicted molar refractivity (Wildman–Crippen MR) is 79.5 cm³/mol. The van der Waals surface area contributed by atoms with E-state index in [0.717, 1.165) is 25.9 Å². The first-order chi connectivity index (χ1) is 9.63. The van der Waals surface area contributed by atoms with Crippen LogP contribution in [0.25, 0.3) is 0 Å². The quantitative estimate of drug-likeness (QED) is 0.883. The molecule has 0 radical (unpaired) electrons. The van der Waals surface area contributed by atoms with Crippen LogP contribution in [0.5, 0.6) is 0 Å². The highest BCUT2D eigenvalue weighted by Gasteiger charge is 2.33. The topological polar surface area (TPSA) is 55.6 Å². The molecule has 2 rings (SSSR count). The van der Waals surface area contributed by atoms with E-state index in [-0.39, 0.29) is 18.1 Å². The summed E-state index contributed by atoms with van der Waals surface area (Å²) in [5.74, 6) is -0.291. The number of aryl methyl sites for hydroxylation is 1. The Morgan fingerprint density at radius 1 is 1.40 bits per heavy atom. The number of nitrogens with two attached hydrogens (primary N) is 1. The van der Waals surface area contributed by atoms with Gasteiger partial charge in [0, 0.05) is 13.1 Å². The molecule has 0 unspecified atom stereocenters. The van der Waals surface area contributed by atoms with E-state index in [4.69, 9.17) is 10.5 Å². The molecule has 4 nitrogen and oxygen atoms in total. The lowest BCUT2D eigenvalue weighted by atomic mass is 10.0. The number of amides is 1. The standard InChI is InChI=1S/C16H24N2O2/c1-3-13-6-4-5-7-14(13)8-9-18-10-11-20-12(2)15(18)16(17)19/h4-7,12,15H,3,8-11H2,1-2H3,(H2,17,19)/t12-,15+/m1/s1. The fraction of sp³-hybridized carbons (Fsp3) is 0.562. The summed E-state index contributed by atoms with van der Waals surface area (Å²) in [4.78, 5) is 13.8. The van der Waals surface area contributed by atoms with Crippen LogP contribution in [0.1, 0.15) is 25.0 Å². The van der Waals surface area contributed by atoms with E-state index in [2.05, 4.69) is 36.1 Å². The van der Waals surface area contributed by atoms with E-state index < -0.39 is 0 Å². The van der Waals surface area contributed by atoms with Crippen LogP contribution in [-0.4, -0.2) is 42.6 Å². The van der Waals surface area contributed by atoms with Crippen molar-refractivity contribution >= 4 is 5.91 Å². The number of ether oxygens (including phenoxy) is 1. The second kappa shape index (κ2) is 6.86. The molecule has 1 saturated heterocycles. The number of nitrogens with zero attached hydrogens (tertiary/aromatic N) is 1. The lowest BCUT2D eigenvalue weighted by Gasteiger charge is -2.38. The van der Waals surface area contributed by atoms with Gasteiger partial charge in [0.2, 0.25) is 5.91 Å². The maximum atomic E-state index is 11.6. The predicted octanol–water partition coefficient (Wildman–Crippen LogP) is 1.37. The van der Waals surface area contributed by atoms with Crippen LogP contribution < -0.4 is 5.73 Å². The first-order valence-corrected chi connectivity index (χ1v) is 7.35. The van der Waals surface area contributed by atoms with Crippen LogP contribution in [0.3, 0.4) is 0 Å². The molecular weight excluding hydrogens is 252 g/mol. The molecule has 4 heteroatoms. The third-order valence-electron chi connectivity index (χ3n) is 4.06. The highest BCUT2D eigenvalue weighted by molar-refractivity contribution is 5.80. The summed E-state index contributed by atoms with van der Waals surface area (Å²) in [6.07, 6.45) is 1.86. The van der Waals surface area contributed by atoms with E-state index in [0.29, 0.717) is 6.61 Å². The third kappa shape index (κ3) is 3.38. The van der Waals surface area contributed by atoms with Crippen molar-refractivity contribution in [3.05, 3.63) is 35.4 Å². The smallest absolute Gasteiger partial charge is 0.237 e. The van der Waals surface area contributed by atoms with E-state index in [1.807, 2.05) is 6.92 Å². The first kappa shape index (κ1) is 15.0. The molecule has 1 aromatic rings. The molecule has 0 spiro atoms. The summed E-state index contributed by atoms with van der Waals surface area (Å²) in [6.45, 7) is 6.37. The van der Waals surface area contributed by atoms with Gasteiger partial charge in [-0.25, -0.2) is 0 Å². The molecule has 1 aliphatic rings. The maximum Gasteiger partial charge on any atom is 0.237 e. The van der Waals surface area contributed by atoms with Crippen molar-refractivity contribution in [1.29, 1.82) is 0 Å². The minimum Gasteiger partial charge on any atom is -0.375 e. The van der Waals surface area contributed by atoms with Gasteiger partial charge < -0.3 is 10.5 Å². The Bertz CT molecular complexity index is 462. The van der Waals surface area contributed by atoms with Gasteiger partial charge in [0.1, 0.15) is 6.04 Å². The molecule has 1 fully saturated rings. The average Bonchev–Trinajstić information content (AvgIpc) is 2.45. The molecule has 2 N–H and O–H groups in total. The van der Waals surface area contributed by atoms with Crippen LogP contribution >= 0.6 is 0 Å². The number of rotatable bonds is 5.